The van der Waals surface area contributed by atoms with Crippen molar-refractivity contribution in [3.8, 4) is 0 Å². The topological polar surface area (TPSA) is 29.3 Å². The van der Waals surface area contributed by atoms with Crippen molar-refractivity contribution in [1.29, 1.82) is 0 Å². The summed E-state index contributed by atoms with van der Waals surface area (Å²) < 4.78 is 0. The predicted molar refractivity (Wildman–Crippen MR) is 41.7 cm³/mol. The first kappa shape index (κ1) is 6.62. The second kappa shape index (κ2) is 2.21. The van der Waals surface area contributed by atoms with Gasteiger partial charge in [-0.3, -0.25) is 0 Å². The molecule has 0 unspecified atom stereocenters. The third-order valence-corrected chi connectivity index (χ3v) is 2.99. The third kappa shape index (κ3) is 0.956. The minimum absolute atomic E-state index is 0.494. The molecule has 58 valence electrons. The molecule has 0 aromatic rings. The van der Waals surface area contributed by atoms with Crippen molar-refractivity contribution < 1.29 is 0 Å². The van der Waals surface area contributed by atoms with Crippen LogP contribution < -0.4 is 5.73 Å². The summed E-state index contributed by atoms with van der Waals surface area (Å²) in [5, 5.41) is 0. The quantitative estimate of drug-likeness (QED) is 0.528. The van der Waals surface area contributed by atoms with Crippen LogP contribution in [0.2, 0.25) is 0 Å². The van der Waals surface area contributed by atoms with Gasteiger partial charge in [0.25, 0.3) is 0 Å². The maximum atomic E-state index is 5.89. The summed E-state index contributed by atoms with van der Waals surface area (Å²) in [5.41, 5.74) is 5.89. The van der Waals surface area contributed by atoms with Gasteiger partial charge in [-0.05, 0) is 32.2 Å². The molecule has 2 rings (SSSR count). The van der Waals surface area contributed by atoms with Crippen molar-refractivity contribution >= 4 is 0 Å². The summed E-state index contributed by atoms with van der Waals surface area (Å²) in [4.78, 5) is 2.47. The lowest BCUT2D eigenvalue weighted by Crippen LogP contribution is -2.34. The Labute approximate surface area is 62.4 Å². The lowest BCUT2D eigenvalue weighted by Gasteiger charge is -2.25. The summed E-state index contributed by atoms with van der Waals surface area (Å²) in [7, 11) is 2.22. The Balaban J connectivity index is 2.06. The highest BCUT2D eigenvalue weighted by Gasteiger charge is 2.35. The van der Waals surface area contributed by atoms with Gasteiger partial charge >= 0.3 is 0 Å². The smallest absolute Gasteiger partial charge is 0.0110 e. The highest BCUT2D eigenvalue weighted by Crippen LogP contribution is 2.33. The minimum atomic E-state index is 0.494. The van der Waals surface area contributed by atoms with Gasteiger partial charge in [0.2, 0.25) is 0 Å². The van der Waals surface area contributed by atoms with E-state index in [-0.39, 0.29) is 0 Å². The highest BCUT2D eigenvalue weighted by atomic mass is 15.2. The number of rotatable bonds is 0. The van der Waals surface area contributed by atoms with Gasteiger partial charge in [-0.1, -0.05) is 0 Å². The van der Waals surface area contributed by atoms with Crippen LogP contribution in [0.5, 0.6) is 0 Å². The van der Waals surface area contributed by atoms with Crippen molar-refractivity contribution in [1.82, 2.24) is 4.90 Å². The molecule has 2 fully saturated rings. The lowest BCUT2D eigenvalue weighted by molar-refractivity contribution is 0.281. The second-order valence-electron chi connectivity index (χ2n) is 3.93. The van der Waals surface area contributed by atoms with Gasteiger partial charge in [0, 0.05) is 18.6 Å². The molecular formula is C8H16N2. The monoisotopic (exact) mass is 140 g/mol. The van der Waals surface area contributed by atoms with Crippen molar-refractivity contribution in [3.05, 3.63) is 0 Å². The zero-order valence-corrected chi connectivity index (χ0v) is 6.59. The molecule has 1 aliphatic carbocycles. The molecule has 3 atom stereocenters. The number of hydrogen-bond acceptors (Lipinski definition) is 2. The van der Waals surface area contributed by atoms with Gasteiger partial charge in [-0.25, -0.2) is 0 Å². The van der Waals surface area contributed by atoms with E-state index in [9.17, 15) is 0 Å². The van der Waals surface area contributed by atoms with Crippen LogP contribution in [0.3, 0.4) is 0 Å². The predicted octanol–water partition coefficient (Wildman–Crippen LogP) is 0.428. The SMILES string of the molecule is CN1C[C@H]2C[C@@H](N)C[C@@H]1C2. The number of nitrogens with zero attached hydrogens (tertiary/aromatic N) is 1. The van der Waals surface area contributed by atoms with Gasteiger partial charge in [0.15, 0.2) is 0 Å². The van der Waals surface area contributed by atoms with Gasteiger partial charge in [-0.2, -0.15) is 0 Å². The maximum absolute atomic E-state index is 5.89. The summed E-state index contributed by atoms with van der Waals surface area (Å²) >= 11 is 0. The molecule has 2 N–H and O–H groups in total. The van der Waals surface area contributed by atoms with Gasteiger partial charge in [-0.15, -0.1) is 0 Å². The molecule has 2 nitrogen and oxygen atoms in total. The molecular weight excluding hydrogens is 124 g/mol. The maximum Gasteiger partial charge on any atom is 0.0110 e. The number of fused-ring (bicyclic) bond motifs is 2. The highest BCUT2D eigenvalue weighted by molar-refractivity contribution is 4.92. The van der Waals surface area contributed by atoms with E-state index in [4.69, 9.17) is 5.73 Å². The van der Waals surface area contributed by atoms with Crippen molar-refractivity contribution in [3.63, 3.8) is 0 Å². The van der Waals surface area contributed by atoms with Crippen LogP contribution in [0.1, 0.15) is 19.3 Å². The molecule has 2 aliphatic rings. The van der Waals surface area contributed by atoms with Crippen LogP contribution >= 0.6 is 0 Å². The summed E-state index contributed by atoms with van der Waals surface area (Å²) in [5.74, 6) is 0.916. The Morgan fingerprint density at radius 2 is 2.10 bits per heavy atom. The Kier molecular flexibility index (Phi) is 1.46. The average Bonchev–Trinajstić information content (AvgIpc) is 2.07. The number of hydrogen-bond donors (Lipinski definition) is 1. The van der Waals surface area contributed by atoms with Crippen LogP contribution in [-0.2, 0) is 0 Å². The molecule has 1 heterocycles. The van der Waals surface area contributed by atoms with Crippen LogP contribution in [0.25, 0.3) is 0 Å². The first-order valence-electron chi connectivity index (χ1n) is 4.21. The van der Waals surface area contributed by atoms with E-state index in [0.29, 0.717) is 6.04 Å². The van der Waals surface area contributed by atoms with Crippen molar-refractivity contribution in [2.45, 2.75) is 31.3 Å². The van der Waals surface area contributed by atoms with Crippen molar-refractivity contribution in [2.75, 3.05) is 13.6 Å². The van der Waals surface area contributed by atoms with Crippen molar-refractivity contribution in [2.24, 2.45) is 11.7 Å². The minimum Gasteiger partial charge on any atom is -0.328 e. The molecule has 0 radical (unpaired) electrons. The zero-order valence-electron chi connectivity index (χ0n) is 6.59. The van der Waals surface area contributed by atoms with E-state index >= 15 is 0 Å². The van der Waals surface area contributed by atoms with Gasteiger partial charge in [0.05, 0.1) is 0 Å². The fourth-order valence-electron chi connectivity index (χ4n) is 2.52. The first-order chi connectivity index (χ1) is 4.75. The second-order valence-corrected chi connectivity index (χ2v) is 3.93. The molecule has 2 heteroatoms. The van der Waals surface area contributed by atoms with E-state index in [2.05, 4.69) is 11.9 Å². The van der Waals surface area contributed by atoms with Crippen LogP contribution in [-0.4, -0.2) is 30.6 Å². The Morgan fingerprint density at radius 1 is 1.30 bits per heavy atom. The van der Waals surface area contributed by atoms with E-state index < -0.39 is 0 Å². The third-order valence-electron chi connectivity index (χ3n) is 2.99. The average molecular weight is 140 g/mol. The van der Waals surface area contributed by atoms with Gasteiger partial charge in [0.1, 0.15) is 0 Å². The van der Waals surface area contributed by atoms with E-state index in [0.717, 1.165) is 12.0 Å². The summed E-state index contributed by atoms with van der Waals surface area (Å²) in [6, 6.07) is 1.31. The Morgan fingerprint density at radius 3 is 2.80 bits per heavy atom. The molecule has 0 aromatic carbocycles. The fraction of sp³-hybridized carbons (Fsp3) is 1.00. The molecule has 1 saturated heterocycles. The number of likely N-dealkylation sites (tertiary alicyclic amines) is 1. The Hall–Kier alpha value is -0.0800. The zero-order chi connectivity index (χ0) is 7.14. The Bertz CT molecular complexity index is 130. The fourth-order valence-corrected chi connectivity index (χ4v) is 2.52. The molecule has 2 bridgehead atoms. The lowest BCUT2D eigenvalue weighted by atomic mass is 9.87. The molecule has 0 aromatic heterocycles. The molecule has 1 saturated carbocycles. The van der Waals surface area contributed by atoms with E-state index in [1.54, 1.807) is 0 Å². The molecule has 0 spiro atoms. The summed E-state index contributed by atoms with van der Waals surface area (Å²) in [6.45, 7) is 1.29. The van der Waals surface area contributed by atoms with Crippen LogP contribution in [0.15, 0.2) is 0 Å². The van der Waals surface area contributed by atoms with E-state index in [1.165, 1.54) is 25.8 Å². The normalized spacial score (nSPS) is 48.0. The molecule has 10 heavy (non-hydrogen) atoms. The molecule has 0 amide bonds. The number of nitrogens with two attached hydrogens (primary N) is 1. The van der Waals surface area contributed by atoms with Crippen LogP contribution in [0, 0.1) is 5.92 Å². The van der Waals surface area contributed by atoms with Crippen LogP contribution in [0.4, 0.5) is 0 Å². The van der Waals surface area contributed by atoms with Gasteiger partial charge < -0.3 is 10.6 Å². The first-order valence-corrected chi connectivity index (χ1v) is 4.21. The molecule has 1 aliphatic heterocycles. The standard InChI is InChI=1S/C8H16N2/c1-10-5-6-2-7(9)4-8(10)3-6/h6-8H,2-5,9H2,1H3/t6-,7+,8-/m0/s1. The largest absolute Gasteiger partial charge is 0.328 e. The summed E-state index contributed by atoms with van der Waals surface area (Å²) in [6.07, 6.45) is 3.90. The van der Waals surface area contributed by atoms with E-state index in [1.807, 2.05) is 0 Å².